The minimum atomic E-state index is -0.149. The molecule has 3 aromatic carbocycles. The van der Waals surface area contributed by atoms with Gasteiger partial charge in [0.1, 0.15) is 11.5 Å². The maximum atomic E-state index is 12.7. The third-order valence-corrected chi connectivity index (χ3v) is 5.62. The molecule has 1 fully saturated rings. The molecule has 1 saturated heterocycles. The van der Waals surface area contributed by atoms with Crippen LogP contribution in [-0.4, -0.2) is 41.5 Å². The van der Waals surface area contributed by atoms with Crippen LogP contribution in [0.5, 0.6) is 17.2 Å². The van der Waals surface area contributed by atoms with Crippen LogP contribution in [0.25, 0.3) is 0 Å². The van der Waals surface area contributed by atoms with Crippen molar-refractivity contribution >= 4 is 23.2 Å². The standard InChI is InChI=1S/C26H27N3O4/c30-23-12-6-4-10-21(23)28-26(32)19-14-16-29(17-15-19)18-25(31)27-22-11-5-7-13-24(22)33-20-8-2-1-3-9-20/h1-13,19,30H,14-18H2,(H,27,31)(H,28,32). The van der Waals surface area contributed by atoms with E-state index >= 15 is 0 Å². The zero-order valence-electron chi connectivity index (χ0n) is 18.2. The maximum absolute atomic E-state index is 12.7. The number of likely N-dealkylation sites (tertiary alicyclic amines) is 1. The van der Waals surface area contributed by atoms with Gasteiger partial charge < -0.3 is 20.5 Å². The lowest BCUT2D eigenvalue weighted by Gasteiger charge is -2.30. The lowest BCUT2D eigenvalue weighted by atomic mass is 9.95. The molecule has 7 heteroatoms. The first kappa shape index (κ1) is 22.4. The highest BCUT2D eigenvalue weighted by Gasteiger charge is 2.26. The summed E-state index contributed by atoms with van der Waals surface area (Å²) in [6.45, 7) is 1.54. The largest absolute Gasteiger partial charge is 0.506 e. The normalized spacial score (nSPS) is 14.4. The SMILES string of the molecule is O=C(CN1CCC(C(=O)Nc2ccccc2O)CC1)Nc1ccccc1Oc1ccccc1. The first-order chi connectivity index (χ1) is 16.1. The number of piperidine rings is 1. The number of hydrogen-bond acceptors (Lipinski definition) is 5. The second-order valence-corrected chi connectivity index (χ2v) is 8.02. The maximum Gasteiger partial charge on any atom is 0.238 e. The minimum absolute atomic E-state index is 0.0523. The van der Waals surface area contributed by atoms with E-state index in [0.717, 1.165) is 0 Å². The van der Waals surface area contributed by atoms with E-state index < -0.39 is 0 Å². The van der Waals surface area contributed by atoms with Gasteiger partial charge in [-0.15, -0.1) is 0 Å². The number of benzene rings is 3. The van der Waals surface area contributed by atoms with Crippen molar-refractivity contribution in [2.24, 2.45) is 5.92 Å². The molecule has 0 spiro atoms. The van der Waals surface area contributed by atoms with E-state index in [2.05, 4.69) is 10.6 Å². The van der Waals surface area contributed by atoms with Gasteiger partial charge in [0.2, 0.25) is 11.8 Å². The van der Waals surface area contributed by atoms with Gasteiger partial charge in [-0.3, -0.25) is 14.5 Å². The van der Waals surface area contributed by atoms with Crippen molar-refractivity contribution in [3.8, 4) is 17.2 Å². The highest BCUT2D eigenvalue weighted by Crippen LogP contribution is 2.29. The van der Waals surface area contributed by atoms with Gasteiger partial charge in [0.05, 0.1) is 17.9 Å². The van der Waals surface area contributed by atoms with Crippen molar-refractivity contribution in [3.63, 3.8) is 0 Å². The summed E-state index contributed by atoms with van der Waals surface area (Å²) in [5.41, 5.74) is 1.03. The lowest BCUT2D eigenvalue weighted by molar-refractivity contribution is -0.121. The topological polar surface area (TPSA) is 90.9 Å². The Labute approximate surface area is 193 Å². The van der Waals surface area contributed by atoms with E-state index in [1.54, 1.807) is 24.3 Å². The lowest BCUT2D eigenvalue weighted by Crippen LogP contribution is -2.41. The zero-order valence-corrected chi connectivity index (χ0v) is 18.2. The van der Waals surface area contributed by atoms with E-state index in [4.69, 9.17) is 4.74 Å². The van der Waals surface area contributed by atoms with Crippen LogP contribution in [0, 0.1) is 5.92 Å². The molecule has 33 heavy (non-hydrogen) atoms. The number of hydrogen-bond donors (Lipinski definition) is 3. The molecule has 1 heterocycles. The third-order valence-electron chi connectivity index (χ3n) is 5.62. The molecule has 2 amide bonds. The third kappa shape index (κ3) is 6.11. The molecule has 4 rings (SSSR count). The van der Waals surface area contributed by atoms with Crippen molar-refractivity contribution in [2.45, 2.75) is 12.8 Å². The number of carbonyl (C=O) groups excluding carboxylic acids is 2. The summed E-state index contributed by atoms with van der Waals surface area (Å²) in [5.74, 6) is 0.948. The number of nitrogens with zero attached hydrogens (tertiary/aromatic N) is 1. The second kappa shape index (κ2) is 10.7. The molecule has 170 valence electrons. The van der Waals surface area contributed by atoms with Gasteiger partial charge >= 0.3 is 0 Å². The Hall–Kier alpha value is -3.84. The van der Waals surface area contributed by atoms with E-state index in [9.17, 15) is 14.7 Å². The number of anilines is 2. The van der Waals surface area contributed by atoms with Gasteiger partial charge in [0.25, 0.3) is 0 Å². The molecule has 0 unspecified atom stereocenters. The number of amides is 2. The van der Waals surface area contributed by atoms with Gasteiger partial charge in [0, 0.05) is 5.92 Å². The highest BCUT2D eigenvalue weighted by atomic mass is 16.5. The fraction of sp³-hybridized carbons (Fsp3) is 0.231. The summed E-state index contributed by atoms with van der Waals surface area (Å²) in [6, 6.07) is 23.4. The van der Waals surface area contributed by atoms with Gasteiger partial charge in [-0.2, -0.15) is 0 Å². The van der Waals surface area contributed by atoms with Crippen LogP contribution < -0.4 is 15.4 Å². The van der Waals surface area contributed by atoms with Crippen LogP contribution in [0.1, 0.15) is 12.8 Å². The van der Waals surface area contributed by atoms with E-state index in [-0.39, 0.29) is 30.0 Å². The molecule has 3 aromatic rings. The fourth-order valence-electron chi connectivity index (χ4n) is 3.83. The Kier molecular flexibility index (Phi) is 7.22. The molecule has 7 nitrogen and oxygen atoms in total. The van der Waals surface area contributed by atoms with Crippen LogP contribution >= 0.6 is 0 Å². The molecule has 0 atom stereocenters. The Morgan fingerprint density at radius 2 is 1.48 bits per heavy atom. The molecule has 0 aliphatic carbocycles. The number of ether oxygens (including phenoxy) is 1. The average molecular weight is 446 g/mol. The summed E-state index contributed by atoms with van der Waals surface area (Å²) < 4.78 is 5.91. The summed E-state index contributed by atoms with van der Waals surface area (Å²) in [7, 11) is 0. The number of rotatable bonds is 7. The summed E-state index contributed by atoms with van der Waals surface area (Å²) in [5, 5.41) is 15.6. The molecule has 0 radical (unpaired) electrons. The molecule has 3 N–H and O–H groups in total. The predicted octanol–water partition coefficient (Wildman–Crippen LogP) is 4.47. The first-order valence-electron chi connectivity index (χ1n) is 11.0. The average Bonchev–Trinajstić information content (AvgIpc) is 2.83. The Morgan fingerprint density at radius 3 is 2.21 bits per heavy atom. The molecule has 1 aliphatic rings. The van der Waals surface area contributed by atoms with E-state index in [0.29, 0.717) is 48.8 Å². The van der Waals surface area contributed by atoms with Crippen molar-refractivity contribution in [1.82, 2.24) is 4.90 Å². The quantitative estimate of drug-likeness (QED) is 0.467. The van der Waals surface area contributed by atoms with Crippen molar-refractivity contribution in [1.29, 1.82) is 0 Å². The monoisotopic (exact) mass is 445 g/mol. The minimum Gasteiger partial charge on any atom is -0.506 e. The van der Waals surface area contributed by atoms with E-state index in [1.807, 2.05) is 59.5 Å². The first-order valence-corrected chi connectivity index (χ1v) is 11.0. The molecular formula is C26H27N3O4. The Bertz CT molecular complexity index is 1100. The number of nitrogens with one attached hydrogen (secondary N) is 2. The fourth-order valence-corrected chi connectivity index (χ4v) is 3.83. The predicted molar refractivity (Wildman–Crippen MR) is 127 cm³/mol. The van der Waals surface area contributed by atoms with Crippen LogP contribution in [0.3, 0.4) is 0 Å². The molecule has 1 aliphatic heterocycles. The Morgan fingerprint density at radius 1 is 0.848 bits per heavy atom. The Balaban J connectivity index is 1.27. The molecule has 0 aromatic heterocycles. The molecule has 0 saturated carbocycles. The van der Waals surface area contributed by atoms with E-state index in [1.165, 1.54) is 0 Å². The van der Waals surface area contributed by atoms with Gasteiger partial charge in [-0.1, -0.05) is 42.5 Å². The zero-order chi connectivity index (χ0) is 23.0. The van der Waals surface area contributed by atoms with Crippen molar-refractivity contribution in [3.05, 3.63) is 78.9 Å². The smallest absolute Gasteiger partial charge is 0.238 e. The highest BCUT2D eigenvalue weighted by molar-refractivity contribution is 5.94. The summed E-state index contributed by atoms with van der Waals surface area (Å²) in [4.78, 5) is 27.2. The number of phenolic OH excluding ortho intramolecular Hbond substituents is 1. The number of para-hydroxylation sites is 5. The van der Waals surface area contributed by atoms with Crippen LogP contribution in [0.15, 0.2) is 78.9 Å². The summed E-state index contributed by atoms with van der Waals surface area (Å²) in [6.07, 6.45) is 1.31. The number of aromatic hydroxyl groups is 1. The van der Waals surface area contributed by atoms with Crippen molar-refractivity contribution < 1.29 is 19.4 Å². The van der Waals surface area contributed by atoms with Gasteiger partial charge in [-0.25, -0.2) is 0 Å². The summed E-state index contributed by atoms with van der Waals surface area (Å²) >= 11 is 0. The second-order valence-electron chi connectivity index (χ2n) is 8.02. The van der Waals surface area contributed by atoms with Crippen LogP contribution in [0.4, 0.5) is 11.4 Å². The van der Waals surface area contributed by atoms with Crippen molar-refractivity contribution in [2.75, 3.05) is 30.3 Å². The van der Waals surface area contributed by atoms with Crippen LogP contribution in [0.2, 0.25) is 0 Å². The van der Waals surface area contributed by atoms with Gasteiger partial charge in [-0.05, 0) is 62.3 Å². The van der Waals surface area contributed by atoms with Gasteiger partial charge in [0.15, 0.2) is 5.75 Å². The van der Waals surface area contributed by atoms with Crippen LogP contribution in [-0.2, 0) is 9.59 Å². The molecule has 0 bridgehead atoms. The number of phenols is 1. The number of carbonyl (C=O) groups is 2. The molecular weight excluding hydrogens is 418 g/mol.